The second kappa shape index (κ2) is 8.88. The van der Waals surface area contributed by atoms with E-state index >= 15 is 0 Å². The van der Waals surface area contributed by atoms with Crippen molar-refractivity contribution in [2.75, 3.05) is 13.1 Å². The zero-order valence-corrected chi connectivity index (χ0v) is 17.0. The number of hydrogen-bond acceptors (Lipinski definition) is 5. The first kappa shape index (κ1) is 22.5. The molecule has 166 valence electrons. The summed E-state index contributed by atoms with van der Waals surface area (Å²) in [4.78, 5) is 26.2. The van der Waals surface area contributed by atoms with Crippen LogP contribution in [0.3, 0.4) is 0 Å². The second-order valence-electron chi connectivity index (χ2n) is 7.50. The van der Waals surface area contributed by atoms with Crippen LogP contribution in [0.25, 0.3) is 16.7 Å². The van der Waals surface area contributed by atoms with Gasteiger partial charge in [-0.1, -0.05) is 6.07 Å². The number of rotatable bonds is 3. The third-order valence-corrected chi connectivity index (χ3v) is 4.87. The van der Waals surface area contributed by atoms with Crippen LogP contribution in [-0.2, 0) is 11.3 Å². The lowest BCUT2D eigenvalue weighted by Crippen LogP contribution is -2.25. The largest absolute Gasteiger partial charge is 0.490 e. The summed E-state index contributed by atoms with van der Waals surface area (Å²) in [6, 6.07) is 6.22. The molecule has 1 aromatic carbocycles. The molecule has 0 saturated carbocycles. The number of carbonyl (C=O) groups is 1. The topological polar surface area (TPSA) is 102 Å². The molecule has 1 aliphatic rings. The van der Waals surface area contributed by atoms with Gasteiger partial charge in [0.25, 0.3) is 5.56 Å². The van der Waals surface area contributed by atoms with Crippen molar-refractivity contribution in [3.8, 4) is 5.69 Å². The molecule has 0 aliphatic carbocycles. The van der Waals surface area contributed by atoms with Crippen LogP contribution < -0.4 is 10.9 Å². The Morgan fingerprint density at radius 3 is 2.45 bits per heavy atom. The van der Waals surface area contributed by atoms with Crippen LogP contribution in [0, 0.1) is 19.8 Å². The Kier molecular flexibility index (Phi) is 6.44. The molecule has 0 radical (unpaired) electrons. The molecule has 8 nitrogen and oxygen atoms in total. The van der Waals surface area contributed by atoms with Gasteiger partial charge in [-0.15, -0.1) is 0 Å². The predicted molar refractivity (Wildman–Crippen MR) is 107 cm³/mol. The van der Waals surface area contributed by atoms with E-state index in [1.807, 2.05) is 0 Å². The van der Waals surface area contributed by atoms with Crippen LogP contribution in [0.4, 0.5) is 13.2 Å². The minimum absolute atomic E-state index is 0.0116. The Balaban J connectivity index is 0.000000339. The molecule has 0 amide bonds. The molecular weight excluding hydrogens is 415 g/mol. The summed E-state index contributed by atoms with van der Waals surface area (Å²) in [6.07, 6.45) is -0.693. The average Bonchev–Trinajstić information content (AvgIpc) is 3.33. The van der Waals surface area contributed by atoms with Gasteiger partial charge in [-0.2, -0.15) is 18.3 Å². The maximum Gasteiger partial charge on any atom is 0.490 e. The third kappa shape index (κ3) is 5.29. The minimum Gasteiger partial charge on any atom is -0.475 e. The van der Waals surface area contributed by atoms with E-state index in [4.69, 9.17) is 9.90 Å². The van der Waals surface area contributed by atoms with Crippen LogP contribution in [-0.4, -0.2) is 49.7 Å². The number of hydrogen-bond donors (Lipinski definition) is 2. The van der Waals surface area contributed by atoms with Gasteiger partial charge in [0.2, 0.25) is 0 Å². The van der Waals surface area contributed by atoms with Crippen molar-refractivity contribution >= 4 is 17.0 Å². The fraction of sp³-hybridized carbons (Fsp3) is 0.400. The first-order chi connectivity index (χ1) is 14.6. The normalized spacial score (nSPS) is 16.2. The molecule has 3 heterocycles. The summed E-state index contributed by atoms with van der Waals surface area (Å²) in [5.74, 6) is -2.26. The lowest BCUT2D eigenvalue weighted by atomic mass is 10.1. The Hall–Kier alpha value is -3.21. The van der Waals surface area contributed by atoms with Crippen molar-refractivity contribution in [1.82, 2.24) is 24.6 Å². The fourth-order valence-electron chi connectivity index (χ4n) is 3.49. The monoisotopic (exact) mass is 437 g/mol. The molecule has 31 heavy (non-hydrogen) atoms. The zero-order valence-electron chi connectivity index (χ0n) is 17.0. The highest BCUT2D eigenvalue weighted by molar-refractivity contribution is 5.75. The van der Waals surface area contributed by atoms with E-state index in [2.05, 4.69) is 47.4 Å². The van der Waals surface area contributed by atoms with Gasteiger partial charge in [0.05, 0.1) is 18.2 Å². The lowest BCUT2D eigenvalue weighted by molar-refractivity contribution is -0.192. The highest BCUT2D eigenvalue weighted by atomic mass is 19.4. The summed E-state index contributed by atoms with van der Waals surface area (Å²) in [6.45, 7) is 6.81. The van der Waals surface area contributed by atoms with E-state index in [9.17, 15) is 18.0 Å². The smallest absolute Gasteiger partial charge is 0.475 e. The number of alkyl halides is 3. The first-order valence-corrected chi connectivity index (χ1v) is 9.59. The van der Waals surface area contributed by atoms with Crippen molar-refractivity contribution in [2.24, 2.45) is 5.92 Å². The first-order valence-electron chi connectivity index (χ1n) is 9.59. The molecule has 2 N–H and O–H groups in total. The van der Waals surface area contributed by atoms with Gasteiger partial charge in [0.1, 0.15) is 5.39 Å². The molecule has 1 unspecified atom stereocenters. The number of carboxylic acids is 1. The van der Waals surface area contributed by atoms with Gasteiger partial charge in [0, 0.05) is 6.54 Å². The van der Waals surface area contributed by atoms with Gasteiger partial charge in [-0.3, -0.25) is 9.36 Å². The van der Waals surface area contributed by atoms with Crippen LogP contribution in [0.5, 0.6) is 0 Å². The molecule has 1 aliphatic heterocycles. The molecule has 1 fully saturated rings. The molecular formula is C20H22F3N5O3. The van der Waals surface area contributed by atoms with Gasteiger partial charge < -0.3 is 10.4 Å². The zero-order chi connectivity index (χ0) is 22.8. The quantitative estimate of drug-likeness (QED) is 0.653. The van der Waals surface area contributed by atoms with Crippen molar-refractivity contribution < 1.29 is 23.1 Å². The standard InChI is InChI=1S/C18H21N5O.C2HF3O2/c1-12-5-13(2)7-15(6-12)23-17-16(9-21-23)18(24)22(11-20-17)10-14-3-4-19-8-14;3-2(4,5)1(6)7/h5-7,9,11,14,19H,3-4,8,10H2,1-2H3;(H,6,7). The molecule has 11 heteroatoms. The number of halogens is 3. The van der Waals surface area contributed by atoms with Gasteiger partial charge in [0.15, 0.2) is 5.65 Å². The average molecular weight is 437 g/mol. The SMILES string of the molecule is Cc1cc(C)cc(-n2ncc3c(=O)n(CC4CCNC4)cnc32)c1.O=C(O)C(F)(F)F. The Bertz CT molecular complexity index is 1130. The van der Waals surface area contributed by atoms with Crippen LogP contribution in [0.2, 0.25) is 0 Å². The van der Waals surface area contributed by atoms with Crippen LogP contribution in [0.15, 0.2) is 35.5 Å². The Labute approximate surface area is 175 Å². The maximum absolute atomic E-state index is 12.7. The number of aliphatic carboxylic acids is 1. The van der Waals surface area contributed by atoms with Crippen LogP contribution >= 0.6 is 0 Å². The van der Waals surface area contributed by atoms with Crippen molar-refractivity contribution in [1.29, 1.82) is 0 Å². The molecule has 0 spiro atoms. The van der Waals surface area contributed by atoms with E-state index in [0.717, 1.165) is 36.3 Å². The number of benzene rings is 1. The number of aryl methyl sites for hydroxylation is 2. The van der Waals surface area contributed by atoms with Crippen molar-refractivity contribution in [3.05, 3.63) is 52.2 Å². The van der Waals surface area contributed by atoms with Gasteiger partial charge in [-0.05, 0) is 62.5 Å². The Morgan fingerprint density at radius 1 is 1.26 bits per heavy atom. The van der Waals surface area contributed by atoms with Gasteiger partial charge >= 0.3 is 12.1 Å². The maximum atomic E-state index is 12.7. The van der Waals surface area contributed by atoms with E-state index in [0.29, 0.717) is 23.5 Å². The summed E-state index contributed by atoms with van der Waals surface area (Å²) < 4.78 is 35.2. The number of nitrogens with zero attached hydrogens (tertiary/aromatic N) is 4. The van der Waals surface area contributed by atoms with Crippen molar-refractivity contribution in [3.63, 3.8) is 0 Å². The summed E-state index contributed by atoms with van der Waals surface area (Å²) in [5, 5.41) is 15.4. The van der Waals surface area contributed by atoms with Crippen LogP contribution in [0.1, 0.15) is 17.5 Å². The van der Waals surface area contributed by atoms with E-state index in [1.54, 1.807) is 21.8 Å². The van der Waals surface area contributed by atoms with E-state index in [-0.39, 0.29) is 5.56 Å². The number of carboxylic acid groups (broad SMARTS) is 1. The predicted octanol–water partition coefficient (Wildman–Crippen LogP) is 2.44. The lowest BCUT2D eigenvalue weighted by Gasteiger charge is -2.11. The number of nitrogens with one attached hydrogen (secondary N) is 1. The summed E-state index contributed by atoms with van der Waals surface area (Å²) in [7, 11) is 0. The van der Waals surface area contributed by atoms with E-state index < -0.39 is 12.1 Å². The molecule has 0 bridgehead atoms. The molecule has 4 rings (SSSR count). The van der Waals surface area contributed by atoms with E-state index in [1.165, 1.54) is 0 Å². The highest BCUT2D eigenvalue weighted by Gasteiger charge is 2.38. The van der Waals surface area contributed by atoms with Crippen molar-refractivity contribution in [2.45, 2.75) is 33.0 Å². The molecule has 1 saturated heterocycles. The summed E-state index contributed by atoms with van der Waals surface area (Å²) in [5.41, 5.74) is 3.87. The molecule has 2 aromatic heterocycles. The van der Waals surface area contributed by atoms with Gasteiger partial charge in [-0.25, -0.2) is 14.5 Å². The second-order valence-corrected chi connectivity index (χ2v) is 7.50. The number of aromatic nitrogens is 4. The number of fused-ring (bicyclic) bond motifs is 1. The highest BCUT2D eigenvalue weighted by Crippen LogP contribution is 2.17. The summed E-state index contributed by atoms with van der Waals surface area (Å²) >= 11 is 0. The fourth-order valence-corrected chi connectivity index (χ4v) is 3.49. The molecule has 3 aromatic rings. The molecule has 1 atom stereocenters. The minimum atomic E-state index is -5.08. The third-order valence-electron chi connectivity index (χ3n) is 4.87. The Morgan fingerprint density at radius 2 is 1.90 bits per heavy atom.